The Morgan fingerprint density at radius 3 is 2.33 bits per heavy atom. The maximum Gasteiger partial charge on any atom is 0.426 e. The molecule has 1 aliphatic heterocycles. The quantitative estimate of drug-likeness (QED) is 0.311. The van der Waals surface area contributed by atoms with Crippen molar-refractivity contribution in [3.8, 4) is 6.07 Å². The van der Waals surface area contributed by atoms with E-state index in [1.165, 1.54) is 24.3 Å². The van der Waals surface area contributed by atoms with Crippen LogP contribution in [0.3, 0.4) is 0 Å². The minimum Gasteiger partial charge on any atom is -0.338 e. The van der Waals surface area contributed by atoms with Crippen LogP contribution in [0.2, 0.25) is 0 Å². The Bertz CT molecular complexity index is 1460. The van der Waals surface area contributed by atoms with Gasteiger partial charge in [-0.3, -0.25) is 4.79 Å². The van der Waals surface area contributed by atoms with E-state index in [1.54, 1.807) is 30.3 Å². The van der Waals surface area contributed by atoms with Gasteiger partial charge >= 0.3 is 6.18 Å². The van der Waals surface area contributed by atoms with Crippen LogP contribution in [0.25, 0.3) is 0 Å². The highest BCUT2D eigenvalue weighted by atomic mass is 19.4. The summed E-state index contributed by atoms with van der Waals surface area (Å²) in [6.07, 6.45) is -3.22. The number of likely N-dealkylation sites (tertiary alicyclic amines) is 1. The molecule has 0 saturated carbocycles. The average molecular weight is 553 g/mol. The third-order valence-electron chi connectivity index (χ3n) is 8.70. The van der Waals surface area contributed by atoms with Crippen LogP contribution in [0.1, 0.15) is 53.6 Å². The monoisotopic (exact) mass is 552 g/mol. The predicted molar refractivity (Wildman–Crippen MR) is 141 cm³/mol. The number of hydrogen-bond acceptors (Lipinski definition) is 2. The van der Waals surface area contributed by atoms with E-state index in [2.05, 4.69) is 6.07 Å². The number of carbonyl (C=O) groups excluding carboxylic acids is 1. The fourth-order valence-corrected chi connectivity index (χ4v) is 6.44. The SMILES string of the molecule is CC(Cc1ccc(C#N)cc1)C(=O)N1CCC2(Cc3ccc(F)cc3)c3ccc(C(C)(F)C(F)(F)F)cc3CC12. The van der Waals surface area contributed by atoms with E-state index in [-0.39, 0.29) is 23.7 Å². The second-order valence-corrected chi connectivity index (χ2v) is 11.2. The normalized spacial score (nSPS) is 22.2. The lowest BCUT2D eigenvalue weighted by Gasteiger charge is -2.34. The van der Waals surface area contributed by atoms with Gasteiger partial charge in [0.05, 0.1) is 11.6 Å². The maximum absolute atomic E-state index is 14.9. The van der Waals surface area contributed by atoms with Crippen LogP contribution < -0.4 is 0 Å². The third-order valence-corrected chi connectivity index (χ3v) is 8.70. The summed E-state index contributed by atoms with van der Waals surface area (Å²) in [5.41, 5.74) is -0.809. The first kappa shape index (κ1) is 27.8. The summed E-state index contributed by atoms with van der Waals surface area (Å²) in [4.78, 5) is 15.6. The molecule has 40 heavy (non-hydrogen) atoms. The molecule has 1 amide bonds. The standard InChI is InChI=1S/C32H29F5N2O/c1-20(15-21-3-5-23(19-38)6-4-21)29(40)39-14-13-31(18-22-7-10-26(33)11-8-22)27-12-9-25(16-24(27)17-28(31)39)30(2,34)32(35,36)37/h3-12,16,20,28H,13-15,17-18H2,1-2H3. The zero-order valence-electron chi connectivity index (χ0n) is 22.2. The lowest BCUT2D eigenvalue weighted by Crippen LogP contribution is -2.46. The molecule has 0 spiro atoms. The molecule has 1 fully saturated rings. The first-order chi connectivity index (χ1) is 18.9. The molecule has 4 atom stereocenters. The predicted octanol–water partition coefficient (Wildman–Crippen LogP) is 6.96. The summed E-state index contributed by atoms with van der Waals surface area (Å²) in [7, 11) is 0. The Morgan fingerprint density at radius 1 is 1.05 bits per heavy atom. The Labute approximate surface area is 230 Å². The van der Waals surface area contributed by atoms with Crippen molar-refractivity contribution in [3.63, 3.8) is 0 Å². The highest BCUT2D eigenvalue weighted by molar-refractivity contribution is 5.80. The number of nitriles is 1. The van der Waals surface area contributed by atoms with E-state index < -0.39 is 22.8 Å². The van der Waals surface area contributed by atoms with Crippen LogP contribution >= 0.6 is 0 Å². The van der Waals surface area contributed by atoms with E-state index in [0.717, 1.165) is 16.7 Å². The summed E-state index contributed by atoms with van der Waals surface area (Å²) < 4.78 is 69.0. The molecular formula is C32H29F5N2O. The molecule has 1 aliphatic carbocycles. The number of halogens is 5. The Morgan fingerprint density at radius 2 is 1.70 bits per heavy atom. The molecule has 1 heterocycles. The number of benzene rings is 3. The van der Waals surface area contributed by atoms with Crippen molar-refractivity contribution in [1.29, 1.82) is 5.26 Å². The summed E-state index contributed by atoms with van der Waals surface area (Å²) in [5.74, 6) is -0.800. The summed E-state index contributed by atoms with van der Waals surface area (Å²) in [6.45, 7) is 2.85. The van der Waals surface area contributed by atoms with E-state index in [9.17, 15) is 26.7 Å². The van der Waals surface area contributed by atoms with Crippen LogP contribution in [0.5, 0.6) is 0 Å². The lowest BCUT2D eigenvalue weighted by atomic mass is 9.73. The van der Waals surface area contributed by atoms with Crippen molar-refractivity contribution in [3.05, 3.63) is 106 Å². The number of hydrogen-bond donors (Lipinski definition) is 0. The number of nitrogens with zero attached hydrogens (tertiary/aromatic N) is 2. The zero-order valence-corrected chi connectivity index (χ0v) is 22.2. The van der Waals surface area contributed by atoms with Crippen LogP contribution in [0.15, 0.2) is 66.7 Å². The Balaban J connectivity index is 1.48. The molecule has 3 aromatic rings. The van der Waals surface area contributed by atoms with Crippen LogP contribution in [0, 0.1) is 23.1 Å². The molecule has 0 bridgehead atoms. The van der Waals surface area contributed by atoms with Gasteiger partial charge in [-0.15, -0.1) is 0 Å². The molecule has 5 rings (SSSR count). The van der Waals surface area contributed by atoms with Gasteiger partial charge in [-0.25, -0.2) is 8.78 Å². The van der Waals surface area contributed by atoms with E-state index in [1.807, 2.05) is 24.0 Å². The fraction of sp³-hybridized carbons (Fsp3) is 0.375. The second kappa shape index (κ2) is 10.0. The van der Waals surface area contributed by atoms with Gasteiger partial charge in [0.2, 0.25) is 11.6 Å². The van der Waals surface area contributed by atoms with Crippen molar-refractivity contribution in [2.24, 2.45) is 5.92 Å². The van der Waals surface area contributed by atoms with Gasteiger partial charge in [-0.1, -0.05) is 49.4 Å². The molecule has 8 heteroatoms. The molecule has 3 aromatic carbocycles. The first-order valence-electron chi connectivity index (χ1n) is 13.3. The number of carbonyl (C=O) groups is 1. The zero-order chi connectivity index (χ0) is 28.9. The number of amides is 1. The van der Waals surface area contributed by atoms with Gasteiger partial charge in [0.1, 0.15) is 5.82 Å². The topological polar surface area (TPSA) is 44.1 Å². The third kappa shape index (κ3) is 4.76. The molecule has 0 aromatic heterocycles. The smallest absolute Gasteiger partial charge is 0.338 e. The van der Waals surface area contributed by atoms with Crippen LogP contribution in [-0.4, -0.2) is 29.6 Å². The highest BCUT2D eigenvalue weighted by Gasteiger charge is 2.57. The summed E-state index contributed by atoms with van der Waals surface area (Å²) >= 11 is 0. The molecule has 3 nitrogen and oxygen atoms in total. The minimum atomic E-state index is -5.07. The van der Waals surface area contributed by atoms with E-state index in [0.29, 0.717) is 50.3 Å². The average Bonchev–Trinajstić information content (AvgIpc) is 3.42. The van der Waals surface area contributed by atoms with Crippen LogP contribution in [0.4, 0.5) is 22.0 Å². The van der Waals surface area contributed by atoms with E-state index >= 15 is 0 Å². The van der Waals surface area contributed by atoms with Crippen molar-refractivity contribution in [1.82, 2.24) is 4.90 Å². The highest BCUT2D eigenvalue weighted by Crippen LogP contribution is 2.52. The minimum absolute atomic E-state index is 0.0611. The van der Waals surface area contributed by atoms with Crippen molar-refractivity contribution in [2.75, 3.05) is 6.54 Å². The maximum atomic E-state index is 14.9. The van der Waals surface area contributed by atoms with Crippen molar-refractivity contribution >= 4 is 5.91 Å². The van der Waals surface area contributed by atoms with Gasteiger partial charge in [-0.2, -0.15) is 18.4 Å². The number of alkyl halides is 4. The molecule has 2 aliphatic rings. The second-order valence-electron chi connectivity index (χ2n) is 11.2. The van der Waals surface area contributed by atoms with E-state index in [4.69, 9.17) is 5.26 Å². The fourth-order valence-electron chi connectivity index (χ4n) is 6.44. The Hall–Kier alpha value is -3.73. The van der Waals surface area contributed by atoms with Gasteiger partial charge in [-0.05, 0) is 84.7 Å². The van der Waals surface area contributed by atoms with Gasteiger partial charge < -0.3 is 4.90 Å². The Kier molecular flexibility index (Phi) is 6.98. The molecule has 0 radical (unpaired) electrons. The van der Waals surface area contributed by atoms with Gasteiger partial charge in [0.15, 0.2) is 0 Å². The van der Waals surface area contributed by atoms with Gasteiger partial charge in [0, 0.05) is 23.9 Å². The molecule has 4 unspecified atom stereocenters. The first-order valence-corrected chi connectivity index (χ1v) is 13.3. The summed E-state index contributed by atoms with van der Waals surface area (Å²) in [6, 6.07) is 19.0. The number of fused-ring (bicyclic) bond motifs is 3. The molecular weight excluding hydrogens is 523 g/mol. The van der Waals surface area contributed by atoms with Gasteiger partial charge in [0.25, 0.3) is 0 Å². The van der Waals surface area contributed by atoms with Crippen molar-refractivity contribution < 1.29 is 26.7 Å². The molecule has 0 N–H and O–H groups in total. The molecule has 1 saturated heterocycles. The largest absolute Gasteiger partial charge is 0.426 e. The molecule has 208 valence electrons. The van der Waals surface area contributed by atoms with Crippen molar-refractivity contribution in [2.45, 2.75) is 62.8 Å². The van der Waals surface area contributed by atoms with Crippen LogP contribution in [-0.2, 0) is 35.1 Å². The number of rotatable bonds is 6. The summed E-state index contributed by atoms with van der Waals surface area (Å²) in [5, 5.41) is 9.04. The lowest BCUT2D eigenvalue weighted by molar-refractivity contribution is -0.228.